The second-order valence-corrected chi connectivity index (χ2v) is 9.37. The number of ketones is 1. The van der Waals surface area contributed by atoms with Crippen LogP contribution in [0.1, 0.15) is 46.6 Å². The summed E-state index contributed by atoms with van der Waals surface area (Å²) < 4.78 is 31.0. The molecule has 0 aliphatic carbocycles. The highest BCUT2D eigenvalue weighted by Crippen LogP contribution is 2.34. The molecule has 0 fully saturated rings. The number of halogens is 1. The van der Waals surface area contributed by atoms with Gasteiger partial charge in [-0.25, -0.2) is 17.9 Å². The Balaban J connectivity index is 2.62. The van der Waals surface area contributed by atoms with Gasteiger partial charge < -0.3 is 9.64 Å². The fourth-order valence-corrected chi connectivity index (χ4v) is 5.05. The molecule has 0 unspecified atom stereocenters. The summed E-state index contributed by atoms with van der Waals surface area (Å²) in [6.07, 6.45) is 0.499. The van der Waals surface area contributed by atoms with E-state index >= 15 is 0 Å². The fourth-order valence-electron chi connectivity index (χ4n) is 3.46. The number of aryl methyl sites for hydroxylation is 3. The molecule has 0 N–H and O–H groups in total. The van der Waals surface area contributed by atoms with Crippen molar-refractivity contribution in [3.05, 3.63) is 39.0 Å². The number of amides is 1. The zero-order valence-corrected chi connectivity index (χ0v) is 19.7. The van der Waals surface area contributed by atoms with Gasteiger partial charge in [-0.15, -0.1) is 0 Å². The van der Waals surface area contributed by atoms with Gasteiger partial charge in [-0.05, 0) is 51.8 Å². The standard InChI is InChI=1S/C20H26ClN3O5S/c1-8-24(9-2)20(26)29-19-15(13(5)22-23(19)6)17(25)14-10-11(3)18(30(7,27)28)12(4)16(14)21/h10H,8-9H2,1-7H3. The number of rotatable bonds is 6. The Morgan fingerprint density at radius 2 is 1.77 bits per heavy atom. The highest BCUT2D eigenvalue weighted by molar-refractivity contribution is 7.90. The Labute approximate surface area is 181 Å². The average molecular weight is 456 g/mol. The van der Waals surface area contributed by atoms with Crippen LogP contribution in [-0.2, 0) is 16.9 Å². The molecule has 0 atom stereocenters. The molecular formula is C20H26ClN3O5S. The summed E-state index contributed by atoms with van der Waals surface area (Å²) >= 11 is 6.41. The summed E-state index contributed by atoms with van der Waals surface area (Å²) in [5.41, 5.74) is 1.29. The van der Waals surface area contributed by atoms with Crippen LogP contribution in [0.4, 0.5) is 4.79 Å². The second-order valence-electron chi connectivity index (χ2n) is 7.04. The Kier molecular flexibility index (Phi) is 6.98. The van der Waals surface area contributed by atoms with E-state index in [4.69, 9.17) is 16.3 Å². The normalized spacial score (nSPS) is 11.5. The van der Waals surface area contributed by atoms with Gasteiger partial charge in [0, 0.05) is 32.0 Å². The van der Waals surface area contributed by atoms with E-state index in [1.54, 1.807) is 27.8 Å². The lowest BCUT2D eigenvalue weighted by Gasteiger charge is -2.18. The Morgan fingerprint density at radius 3 is 2.27 bits per heavy atom. The van der Waals surface area contributed by atoms with E-state index in [9.17, 15) is 18.0 Å². The zero-order valence-electron chi connectivity index (χ0n) is 18.2. The zero-order chi connectivity index (χ0) is 23.0. The molecule has 1 heterocycles. The summed E-state index contributed by atoms with van der Waals surface area (Å²) in [7, 11) is -1.96. The smallest absolute Gasteiger partial charge is 0.391 e. The third-order valence-electron chi connectivity index (χ3n) is 4.84. The number of hydrogen-bond acceptors (Lipinski definition) is 6. The minimum absolute atomic E-state index is 0.00737. The number of benzene rings is 1. The molecule has 1 aromatic carbocycles. The maximum atomic E-state index is 13.4. The van der Waals surface area contributed by atoms with Crippen molar-refractivity contribution >= 4 is 33.3 Å². The molecule has 8 nitrogen and oxygen atoms in total. The van der Waals surface area contributed by atoms with Gasteiger partial charge >= 0.3 is 6.09 Å². The maximum Gasteiger partial charge on any atom is 0.416 e. The molecule has 0 aliphatic rings. The first-order valence-corrected chi connectivity index (χ1v) is 11.7. The van der Waals surface area contributed by atoms with E-state index in [0.29, 0.717) is 29.9 Å². The Morgan fingerprint density at radius 1 is 1.20 bits per heavy atom. The van der Waals surface area contributed by atoms with Crippen LogP contribution in [-0.4, -0.2) is 54.3 Å². The summed E-state index contributed by atoms with van der Waals surface area (Å²) in [6, 6.07) is 1.44. The first kappa shape index (κ1) is 23.9. The van der Waals surface area contributed by atoms with Crippen molar-refractivity contribution in [1.29, 1.82) is 0 Å². The molecule has 10 heteroatoms. The van der Waals surface area contributed by atoms with Crippen LogP contribution in [0.25, 0.3) is 0 Å². The van der Waals surface area contributed by atoms with Crippen LogP contribution >= 0.6 is 11.6 Å². The molecular weight excluding hydrogens is 430 g/mol. The largest absolute Gasteiger partial charge is 0.416 e. The quantitative estimate of drug-likeness (QED) is 0.618. The van der Waals surface area contributed by atoms with Gasteiger partial charge in [0.05, 0.1) is 15.6 Å². The topological polar surface area (TPSA) is 98.6 Å². The molecule has 164 valence electrons. The monoisotopic (exact) mass is 455 g/mol. The van der Waals surface area contributed by atoms with Gasteiger partial charge in [0.15, 0.2) is 9.84 Å². The number of carbonyl (C=O) groups excluding carboxylic acids is 2. The van der Waals surface area contributed by atoms with Gasteiger partial charge in [-0.2, -0.15) is 5.10 Å². The molecule has 0 radical (unpaired) electrons. The van der Waals surface area contributed by atoms with Crippen LogP contribution in [0.2, 0.25) is 5.02 Å². The van der Waals surface area contributed by atoms with Crippen LogP contribution in [0.5, 0.6) is 5.88 Å². The molecule has 0 bridgehead atoms. The average Bonchev–Trinajstić information content (AvgIpc) is 2.90. The predicted molar refractivity (Wildman–Crippen MR) is 114 cm³/mol. The van der Waals surface area contributed by atoms with E-state index < -0.39 is 21.7 Å². The molecule has 2 aromatic rings. The van der Waals surface area contributed by atoms with Gasteiger partial charge in [0.1, 0.15) is 5.56 Å². The van der Waals surface area contributed by atoms with Gasteiger partial charge in [-0.1, -0.05) is 11.6 Å². The SMILES string of the molecule is CCN(CC)C(=O)Oc1c(C(=O)c2cc(C)c(S(C)(=O)=O)c(C)c2Cl)c(C)nn1C. The number of hydrogen-bond donors (Lipinski definition) is 0. The second kappa shape index (κ2) is 8.77. The lowest BCUT2D eigenvalue weighted by Crippen LogP contribution is -2.33. The summed E-state index contributed by atoms with van der Waals surface area (Å²) in [4.78, 5) is 27.4. The molecule has 0 aliphatic heterocycles. The molecule has 30 heavy (non-hydrogen) atoms. The molecule has 1 amide bonds. The van der Waals surface area contributed by atoms with Gasteiger partial charge in [-0.3, -0.25) is 4.79 Å². The number of nitrogens with zero attached hydrogens (tertiary/aromatic N) is 3. The summed E-state index contributed by atoms with van der Waals surface area (Å²) in [5.74, 6) is -0.493. The minimum atomic E-state index is -3.52. The van der Waals surface area contributed by atoms with E-state index in [1.165, 1.54) is 15.6 Å². The van der Waals surface area contributed by atoms with Crippen LogP contribution in [0, 0.1) is 20.8 Å². The van der Waals surface area contributed by atoms with Crippen LogP contribution in [0.15, 0.2) is 11.0 Å². The lowest BCUT2D eigenvalue weighted by molar-refractivity contribution is 0.103. The highest BCUT2D eigenvalue weighted by atomic mass is 35.5. The molecule has 1 aromatic heterocycles. The lowest BCUT2D eigenvalue weighted by atomic mass is 9.99. The fraction of sp³-hybridized carbons (Fsp3) is 0.450. The van der Waals surface area contributed by atoms with E-state index in [0.717, 1.165) is 6.26 Å². The highest BCUT2D eigenvalue weighted by Gasteiger charge is 2.29. The molecule has 0 saturated heterocycles. The number of aromatic nitrogens is 2. The summed E-state index contributed by atoms with van der Waals surface area (Å²) in [6.45, 7) is 9.33. The van der Waals surface area contributed by atoms with Crippen molar-refractivity contribution in [2.75, 3.05) is 19.3 Å². The van der Waals surface area contributed by atoms with Gasteiger partial charge in [0.25, 0.3) is 0 Å². The summed E-state index contributed by atoms with van der Waals surface area (Å²) in [5, 5.41) is 4.25. The van der Waals surface area contributed by atoms with Crippen LogP contribution < -0.4 is 4.74 Å². The first-order valence-electron chi connectivity index (χ1n) is 9.39. The number of sulfone groups is 1. The van der Waals surface area contributed by atoms with E-state index in [1.807, 2.05) is 13.8 Å². The molecule has 0 saturated carbocycles. The third kappa shape index (κ3) is 4.37. The molecule has 2 rings (SSSR count). The van der Waals surface area contributed by atoms with Crippen molar-refractivity contribution in [2.24, 2.45) is 7.05 Å². The first-order chi connectivity index (χ1) is 13.8. The van der Waals surface area contributed by atoms with Gasteiger partial charge in [0.2, 0.25) is 11.7 Å². The van der Waals surface area contributed by atoms with E-state index in [-0.39, 0.29) is 26.9 Å². The molecule has 0 spiro atoms. The Hall–Kier alpha value is -2.39. The number of carbonyl (C=O) groups is 2. The van der Waals surface area contributed by atoms with Crippen molar-refractivity contribution in [3.8, 4) is 5.88 Å². The predicted octanol–water partition coefficient (Wildman–Crippen LogP) is 3.47. The van der Waals surface area contributed by atoms with E-state index in [2.05, 4.69) is 5.10 Å². The van der Waals surface area contributed by atoms with Crippen molar-refractivity contribution in [3.63, 3.8) is 0 Å². The minimum Gasteiger partial charge on any atom is -0.391 e. The van der Waals surface area contributed by atoms with Crippen molar-refractivity contribution in [2.45, 2.75) is 39.5 Å². The van der Waals surface area contributed by atoms with Crippen LogP contribution in [0.3, 0.4) is 0 Å². The number of ether oxygens (including phenoxy) is 1. The Bertz CT molecular complexity index is 1120. The van der Waals surface area contributed by atoms with Crippen molar-refractivity contribution in [1.82, 2.24) is 14.7 Å². The maximum absolute atomic E-state index is 13.4. The third-order valence-corrected chi connectivity index (χ3v) is 6.70. The van der Waals surface area contributed by atoms with Crippen molar-refractivity contribution < 1.29 is 22.7 Å².